The molecule has 0 radical (unpaired) electrons. The van der Waals surface area contributed by atoms with Gasteiger partial charge in [0, 0.05) is 5.92 Å². The SMILES string of the molecule is C=C1C=C(O)C(C(C)(C)C)=C(C)C1C. The number of hydrogen-bond acceptors (Lipinski definition) is 1. The van der Waals surface area contributed by atoms with Gasteiger partial charge in [0.1, 0.15) is 5.76 Å². The van der Waals surface area contributed by atoms with Gasteiger partial charge in [-0.05, 0) is 29.6 Å². The van der Waals surface area contributed by atoms with Crippen LogP contribution in [0.4, 0.5) is 0 Å². The van der Waals surface area contributed by atoms with Crippen molar-refractivity contribution >= 4 is 0 Å². The van der Waals surface area contributed by atoms with Crippen LogP contribution in [0.25, 0.3) is 0 Å². The maximum absolute atomic E-state index is 9.91. The van der Waals surface area contributed by atoms with Gasteiger partial charge in [0.2, 0.25) is 0 Å². The fraction of sp³-hybridized carbons (Fsp3) is 0.538. The molecule has 1 unspecified atom stereocenters. The van der Waals surface area contributed by atoms with E-state index in [1.807, 2.05) is 0 Å². The van der Waals surface area contributed by atoms with E-state index < -0.39 is 0 Å². The van der Waals surface area contributed by atoms with E-state index in [-0.39, 0.29) is 5.41 Å². The zero-order chi connectivity index (χ0) is 11.1. The second-order valence-corrected chi connectivity index (χ2v) is 5.13. The smallest absolute Gasteiger partial charge is 0.119 e. The van der Waals surface area contributed by atoms with Gasteiger partial charge >= 0.3 is 0 Å². The summed E-state index contributed by atoms with van der Waals surface area (Å²) in [6.07, 6.45) is 1.79. The molecule has 0 aromatic carbocycles. The van der Waals surface area contributed by atoms with E-state index >= 15 is 0 Å². The molecule has 1 heteroatoms. The van der Waals surface area contributed by atoms with E-state index in [0.29, 0.717) is 11.7 Å². The Kier molecular flexibility index (Phi) is 2.62. The summed E-state index contributed by atoms with van der Waals surface area (Å²) in [5.41, 5.74) is 3.30. The molecule has 0 saturated carbocycles. The van der Waals surface area contributed by atoms with Crippen molar-refractivity contribution in [3.05, 3.63) is 35.1 Å². The van der Waals surface area contributed by atoms with Crippen LogP contribution in [0.3, 0.4) is 0 Å². The quantitative estimate of drug-likeness (QED) is 0.615. The number of aliphatic hydroxyl groups excluding tert-OH is 1. The summed E-state index contributed by atoms with van der Waals surface area (Å²) in [5.74, 6) is 0.734. The maximum atomic E-state index is 9.91. The molecule has 0 fully saturated rings. The van der Waals surface area contributed by atoms with Gasteiger partial charge in [-0.2, -0.15) is 0 Å². The molecule has 0 spiro atoms. The van der Waals surface area contributed by atoms with Crippen LogP contribution in [0.15, 0.2) is 35.1 Å². The largest absolute Gasteiger partial charge is 0.508 e. The van der Waals surface area contributed by atoms with E-state index in [0.717, 1.165) is 11.1 Å². The summed E-state index contributed by atoms with van der Waals surface area (Å²) in [5, 5.41) is 9.91. The number of aliphatic hydroxyl groups is 1. The number of allylic oxidation sites excluding steroid dienone is 4. The van der Waals surface area contributed by atoms with Gasteiger partial charge in [0.05, 0.1) is 0 Å². The molecule has 0 amide bonds. The second kappa shape index (κ2) is 3.30. The Balaban J connectivity index is 3.28. The zero-order valence-corrected chi connectivity index (χ0v) is 9.81. The molecule has 1 nitrogen and oxygen atoms in total. The van der Waals surface area contributed by atoms with Crippen LogP contribution < -0.4 is 0 Å². The first-order valence-corrected chi connectivity index (χ1v) is 5.06. The average molecular weight is 192 g/mol. The van der Waals surface area contributed by atoms with Crippen LogP contribution in [0.1, 0.15) is 34.6 Å². The van der Waals surface area contributed by atoms with Crippen molar-refractivity contribution in [1.82, 2.24) is 0 Å². The highest BCUT2D eigenvalue weighted by molar-refractivity contribution is 5.46. The van der Waals surface area contributed by atoms with Crippen molar-refractivity contribution in [3.8, 4) is 0 Å². The molecule has 0 aromatic rings. The normalized spacial score (nSPS) is 23.9. The lowest BCUT2D eigenvalue weighted by molar-refractivity contribution is 0.368. The van der Waals surface area contributed by atoms with Crippen molar-refractivity contribution < 1.29 is 5.11 Å². The van der Waals surface area contributed by atoms with Gasteiger partial charge in [0.15, 0.2) is 0 Å². The predicted molar refractivity (Wildman–Crippen MR) is 61.2 cm³/mol. The molecule has 0 heterocycles. The third kappa shape index (κ3) is 1.77. The van der Waals surface area contributed by atoms with Crippen molar-refractivity contribution in [2.45, 2.75) is 34.6 Å². The van der Waals surface area contributed by atoms with E-state index in [2.05, 4.69) is 41.2 Å². The summed E-state index contributed by atoms with van der Waals surface area (Å²) in [4.78, 5) is 0. The second-order valence-electron chi connectivity index (χ2n) is 5.13. The van der Waals surface area contributed by atoms with Crippen LogP contribution in [-0.4, -0.2) is 5.11 Å². The topological polar surface area (TPSA) is 20.2 Å². The van der Waals surface area contributed by atoms with Gasteiger partial charge in [0.25, 0.3) is 0 Å². The Labute approximate surface area is 86.8 Å². The molecule has 14 heavy (non-hydrogen) atoms. The Morgan fingerprint density at radius 1 is 1.36 bits per heavy atom. The molecule has 1 N–H and O–H groups in total. The van der Waals surface area contributed by atoms with E-state index in [1.165, 1.54) is 5.57 Å². The summed E-state index contributed by atoms with van der Waals surface area (Å²) >= 11 is 0. The molecule has 1 rings (SSSR count). The fourth-order valence-corrected chi connectivity index (χ4v) is 2.05. The van der Waals surface area contributed by atoms with Crippen LogP contribution in [0, 0.1) is 11.3 Å². The molecular formula is C13H20O. The molecule has 0 aromatic heterocycles. The molecule has 78 valence electrons. The minimum absolute atomic E-state index is 0.000370. The lowest BCUT2D eigenvalue weighted by atomic mass is 9.75. The first-order chi connectivity index (χ1) is 6.25. The molecule has 1 aliphatic rings. The Morgan fingerprint density at radius 3 is 2.29 bits per heavy atom. The first kappa shape index (κ1) is 11.1. The molecular weight excluding hydrogens is 172 g/mol. The van der Waals surface area contributed by atoms with Gasteiger partial charge in [-0.1, -0.05) is 39.8 Å². The van der Waals surface area contributed by atoms with E-state index in [1.54, 1.807) is 6.08 Å². The highest BCUT2D eigenvalue weighted by Gasteiger charge is 2.28. The third-order valence-electron chi connectivity index (χ3n) is 2.93. The number of hydrogen-bond donors (Lipinski definition) is 1. The summed E-state index contributed by atoms with van der Waals surface area (Å²) in [6, 6.07) is 0. The minimum Gasteiger partial charge on any atom is -0.508 e. The van der Waals surface area contributed by atoms with Gasteiger partial charge in [-0.15, -0.1) is 0 Å². The predicted octanol–water partition coefficient (Wildman–Crippen LogP) is 4.00. The standard InChI is InChI=1S/C13H20O/c1-8-7-11(14)12(13(4,5)6)10(3)9(8)2/h7,9,14H,1H2,2-6H3. The van der Waals surface area contributed by atoms with Crippen LogP contribution in [-0.2, 0) is 0 Å². The van der Waals surface area contributed by atoms with Crippen molar-refractivity contribution in [3.63, 3.8) is 0 Å². The van der Waals surface area contributed by atoms with Crippen LogP contribution >= 0.6 is 0 Å². The minimum atomic E-state index is -0.000370. The van der Waals surface area contributed by atoms with Crippen molar-refractivity contribution in [2.75, 3.05) is 0 Å². The maximum Gasteiger partial charge on any atom is 0.119 e. The van der Waals surface area contributed by atoms with Gasteiger partial charge < -0.3 is 5.11 Å². The molecule has 0 aliphatic heterocycles. The Bertz CT molecular complexity index is 324. The molecule has 0 saturated heterocycles. The third-order valence-corrected chi connectivity index (χ3v) is 2.93. The first-order valence-electron chi connectivity index (χ1n) is 5.06. The average Bonchev–Trinajstić information content (AvgIpc) is 1.97. The zero-order valence-electron chi connectivity index (χ0n) is 9.81. The Hall–Kier alpha value is -0.980. The summed E-state index contributed by atoms with van der Waals surface area (Å²) in [6.45, 7) is 14.5. The highest BCUT2D eigenvalue weighted by Crippen LogP contribution is 2.40. The highest BCUT2D eigenvalue weighted by atomic mass is 16.3. The Morgan fingerprint density at radius 2 is 1.86 bits per heavy atom. The van der Waals surface area contributed by atoms with Gasteiger partial charge in [-0.3, -0.25) is 0 Å². The van der Waals surface area contributed by atoms with Crippen molar-refractivity contribution in [2.24, 2.45) is 11.3 Å². The van der Waals surface area contributed by atoms with Crippen molar-refractivity contribution in [1.29, 1.82) is 0 Å². The van der Waals surface area contributed by atoms with E-state index in [9.17, 15) is 5.11 Å². The summed E-state index contributed by atoms with van der Waals surface area (Å²) < 4.78 is 0. The fourth-order valence-electron chi connectivity index (χ4n) is 2.05. The van der Waals surface area contributed by atoms with Crippen LogP contribution in [0.2, 0.25) is 0 Å². The monoisotopic (exact) mass is 192 g/mol. The van der Waals surface area contributed by atoms with Gasteiger partial charge in [-0.25, -0.2) is 0 Å². The van der Waals surface area contributed by atoms with Crippen LogP contribution in [0.5, 0.6) is 0 Å². The number of rotatable bonds is 0. The summed E-state index contributed by atoms with van der Waals surface area (Å²) in [7, 11) is 0. The molecule has 1 atom stereocenters. The molecule has 0 bridgehead atoms. The lowest BCUT2D eigenvalue weighted by Gasteiger charge is -2.31. The van der Waals surface area contributed by atoms with E-state index in [4.69, 9.17) is 0 Å². The lowest BCUT2D eigenvalue weighted by Crippen LogP contribution is -2.19. The molecule has 1 aliphatic carbocycles.